The van der Waals surface area contributed by atoms with Gasteiger partial charge in [0.2, 0.25) is 34.9 Å². The van der Waals surface area contributed by atoms with E-state index in [0.717, 1.165) is 79.8 Å². The molecule has 0 saturated heterocycles. The van der Waals surface area contributed by atoms with Gasteiger partial charge in [0, 0.05) is 85.2 Å². The summed E-state index contributed by atoms with van der Waals surface area (Å²) in [4.78, 5) is 55.1. The molecule has 0 unspecified atom stereocenters. The zero-order valence-electron chi connectivity index (χ0n) is 41.0. The maximum atomic E-state index is 14.5. The Balaban J connectivity index is 1.58. The summed E-state index contributed by atoms with van der Waals surface area (Å²) in [5.74, 6) is -1.17. The second kappa shape index (κ2) is 27.3. The Morgan fingerprint density at radius 2 is 1.32 bits per heavy atom. The minimum Gasteiger partial charge on any atom is -0.506 e. The lowest BCUT2D eigenvalue weighted by molar-refractivity contribution is -0.439. The fourth-order valence-electron chi connectivity index (χ4n) is 8.58. The number of carbonyl (C=O) groups excluding carboxylic acids is 4. The molecular formula is C56H73N6O6+. The third kappa shape index (κ3) is 14.7. The summed E-state index contributed by atoms with van der Waals surface area (Å²) in [6, 6.07) is 21.2. The molecule has 0 aliphatic heterocycles. The number of amides is 3. The van der Waals surface area contributed by atoms with E-state index in [4.69, 9.17) is 10.1 Å². The second-order valence-corrected chi connectivity index (χ2v) is 17.6. The van der Waals surface area contributed by atoms with Crippen LogP contribution < -0.4 is 20.9 Å². The molecule has 5 rings (SSSR count). The maximum absolute atomic E-state index is 14.5. The Morgan fingerprint density at radius 3 is 1.94 bits per heavy atom. The molecule has 0 spiro atoms. The Labute approximate surface area is 403 Å². The van der Waals surface area contributed by atoms with Gasteiger partial charge in [0.25, 0.3) is 0 Å². The predicted octanol–water partition coefficient (Wildman–Crippen LogP) is 12.7. The van der Waals surface area contributed by atoms with E-state index in [1.54, 1.807) is 12.1 Å². The van der Waals surface area contributed by atoms with Gasteiger partial charge in [0.05, 0.1) is 22.5 Å². The molecular weight excluding hydrogens is 853 g/mol. The van der Waals surface area contributed by atoms with Gasteiger partial charge in [-0.25, -0.2) is 0 Å². The van der Waals surface area contributed by atoms with Crippen LogP contribution in [-0.4, -0.2) is 58.4 Å². The number of hydrogen-bond acceptors (Lipinski definition) is 8. The van der Waals surface area contributed by atoms with Crippen molar-refractivity contribution in [2.24, 2.45) is 0 Å². The van der Waals surface area contributed by atoms with Gasteiger partial charge in [0.15, 0.2) is 6.40 Å². The molecule has 12 heteroatoms. The van der Waals surface area contributed by atoms with Gasteiger partial charge in [0.1, 0.15) is 18.9 Å². The molecule has 0 bridgehead atoms. The fourth-order valence-corrected chi connectivity index (χ4v) is 8.58. The predicted molar refractivity (Wildman–Crippen MR) is 276 cm³/mol. The number of anilines is 4. The third-order valence-electron chi connectivity index (χ3n) is 12.1. The van der Waals surface area contributed by atoms with E-state index in [1.165, 1.54) is 45.4 Å². The van der Waals surface area contributed by atoms with Gasteiger partial charge < -0.3 is 30.7 Å². The van der Waals surface area contributed by atoms with E-state index >= 15 is 0 Å². The largest absolute Gasteiger partial charge is 0.506 e. The number of benzene rings is 3. The van der Waals surface area contributed by atoms with Gasteiger partial charge in [-0.1, -0.05) is 97.6 Å². The topological polar surface area (TPSA) is 164 Å². The van der Waals surface area contributed by atoms with Crippen LogP contribution in [0.5, 0.6) is 0 Å². The minimum atomic E-state index is -0.399. The molecule has 3 amide bonds. The van der Waals surface area contributed by atoms with Crippen LogP contribution in [0, 0.1) is 5.41 Å². The van der Waals surface area contributed by atoms with Crippen molar-refractivity contribution in [1.82, 2.24) is 5.32 Å². The molecule has 68 heavy (non-hydrogen) atoms. The summed E-state index contributed by atoms with van der Waals surface area (Å²) in [6.45, 7) is 11.5. The average Bonchev–Trinajstić information content (AvgIpc) is 3.32. The molecule has 0 atom stereocenters. The van der Waals surface area contributed by atoms with Crippen molar-refractivity contribution < 1.29 is 33.6 Å². The number of aliphatic hydroxyl groups excluding tert-OH is 1. The normalized spacial score (nSPS) is 15.1. The summed E-state index contributed by atoms with van der Waals surface area (Å²) in [6.07, 6.45) is 21.7. The molecule has 2 aliphatic carbocycles. The number of ether oxygens (including phenoxy) is 1. The Kier molecular flexibility index (Phi) is 21.0. The molecule has 0 fully saturated rings. The van der Waals surface area contributed by atoms with Crippen molar-refractivity contribution in [1.29, 1.82) is 5.41 Å². The molecule has 362 valence electrons. The van der Waals surface area contributed by atoms with Gasteiger partial charge in [-0.15, -0.1) is 0 Å². The van der Waals surface area contributed by atoms with E-state index in [1.807, 2.05) is 86.7 Å². The third-order valence-corrected chi connectivity index (χ3v) is 12.1. The number of carbonyl (C=O) groups is 4. The van der Waals surface area contributed by atoms with Crippen LogP contribution in [0.1, 0.15) is 148 Å². The first-order chi connectivity index (χ1) is 33.0. The number of allylic oxidation sites excluding steroid dienone is 5. The SMILES string of the molecule is CCCCCCCCN(c1ccc(COC=N)cc1)c1ccc(C2=C(O)/C(=C3\C=CC(=[N+](CCCCCCCC)c4ccc(NC(C)=O)cc4)C=C3NC(=O)CCC)C2=O)c(NC(=O)CCC)c1. The molecule has 5 N–H and O–H groups in total. The highest BCUT2D eigenvalue weighted by molar-refractivity contribution is 6.40. The van der Waals surface area contributed by atoms with Crippen LogP contribution in [0.3, 0.4) is 0 Å². The molecule has 3 aromatic carbocycles. The van der Waals surface area contributed by atoms with Crippen molar-refractivity contribution >= 4 is 69.6 Å². The lowest BCUT2D eigenvalue weighted by Gasteiger charge is -2.29. The number of rotatable bonds is 28. The first-order valence-electron chi connectivity index (χ1n) is 24.9. The molecule has 2 aliphatic rings. The van der Waals surface area contributed by atoms with E-state index in [9.17, 15) is 24.3 Å². The lowest BCUT2D eigenvalue weighted by Crippen LogP contribution is -2.31. The molecule has 0 aromatic heterocycles. The van der Waals surface area contributed by atoms with Gasteiger partial charge in [-0.3, -0.25) is 24.6 Å². The summed E-state index contributed by atoms with van der Waals surface area (Å²) in [5.41, 5.74) is 6.90. The highest BCUT2D eigenvalue weighted by Crippen LogP contribution is 2.44. The first-order valence-corrected chi connectivity index (χ1v) is 24.9. The molecule has 0 radical (unpaired) electrons. The van der Waals surface area contributed by atoms with Crippen LogP contribution in [0.4, 0.5) is 28.4 Å². The molecule has 0 saturated carbocycles. The van der Waals surface area contributed by atoms with Crippen LogP contribution in [0.25, 0.3) is 5.57 Å². The zero-order valence-corrected chi connectivity index (χ0v) is 41.0. The highest BCUT2D eigenvalue weighted by Gasteiger charge is 2.40. The highest BCUT2D eigenvalue weighted by atomic mass is 16.5. The van der Waals surface area contributed by atoms with E-state index in [-0.39, 0.29) is 47.5 Å². The van der Waals surface area contributed by atoms with Crippen molar-refractivity contribution in [2.75, 3.05) is 28.6 Å². The molecule has 12 nitrogen and oxygen atoms in total. The standard InChI is InChI=1S/C56H72N6O6/c1-6-10-12-14-16-18-34-61(43-26-22-41(23-27-43)38-68-39-57)45-30-32-47(49(36-45)59-51(64)20-8-3)53-55(66)54(56(53)67)48-33-31-46(37-50(48)60-52(65)21-9-4)62(35-19-17-15-13-11-7-2)44-28-24-42(25-29-44)58-40(5)63/h22-33,36-37,39,57H,6-21,34-35,38H2,1-5H3,(H3,58,59,60,63,64,65,66,67)/p+1. The van der Waals surface area contributed by atoms with E-state index in [0.29, 0.717) is 54.2 Å². The number of ketones is 1. The average molecular weight is 926 g/mol. The number of hydrogen-bond donors (Lipinski definition) is 5. The smallest absolute Gasteiger partial charge is 0.224 e. The zero-order chi connectivity index (χ0) is 48.8. The van der Waals surface area contributed by atoms with Gasteiger partial charge in [-0.2, -0.15) is 4.58 Å². The number of aliphatic hydroxyl groups is 1. The summed E-state index contributed by atoms with van der Waals surface area (Å²) < 4.78 is 7.37. The fraction of sp³-hybridized carbons (Fsp3) is 0.429. The maximum Gasteiger partial charge on any atom is 0.224 e. The quantitative estimate of drug-likeness (QED) is 0.0159. The second-order valence-electron chi connectivity index (χ2n) is 17.6. The van der Waals surface area contributed by atoms with Crippen LogP contribution in [0.15, 0.2) is 108 Å². The number of nitrogens with one attached hydrogen (secondary N) is 4. The lowest BCUT2D eigenvalue weighted by atomic mass is 9.78. The summed E-state index contributed by atoms with van der Waals surface area (Å²) in [5, 5.41) is 28.2. The first kappa shape index (κ1) is 52.4. The van der Waals surface area contributed by atoms with Gasteiger partial charge >= 0.3 is 0 Å². The molecule has 0 heterocycles. The summed E-state index contributed by atoms with van der Waals surface area (Å²) >= 11 is 0. The number of unbranched alkanes of at least 4 members (excludes halogenated alkanes) is 10. The van der Waals surface area contributed by atoms with Gasteiger partial charge in [-0.05, 0) is 79.8 Å². The monoisotopic (exact) mass is 926 g/mol. The van der Waals surface area contributed by atoms with Crippen LogP contribution in [-0.2, 0) is 30.5 Å². The molecule has 3 aromatic rings. The van der Waals surface area contributed by atoms with Crippen molar-refractivity contribution in [2.45, 2.75) is 144 Å². The van der Waals surface area contributed by atoms with E-state index in [2.05, 4.69) is 39.3 Å². The Morgan fingerprint density at radius 1 is 0.706 bits per heavy atom. The minimum absolute atomic E-state index is 0.0900. The Hall–Kier alpha value is -6.56. The summed E-state index contributed by atoms with van der Waals surface area (Å²) in [7, 11) is 0. The Bertz CT molecular complexity index is 2390. The van der Waals surface area contributed by atoms with E-state index < -0.39 is 5.78 Å². The van der Waals surface area contributed by atoms with Crippen LogP contribution >= 0.6 is 0 Å². The number of nitrogens with zero attached hydrogens (tertiary/aromatic N) is 2. The number of Topliss-reactive ketones (excluding diaryl/α,β-unsaturated/α-hetero) is 1. The van der Waals surface area contributed by atoms with Crippen molar-refractivity contribution in [3.8, 4) is 0 Å². The van der Waals surface area contributed by atoms with Crippen LogP contribution in [0.2, 0.25) is 0 Å². The van der Waals surface area contributed by atoms with Crippen molar-refractivity contribution in [3.05, 3.63) is 119 Å². The van der Waals surface area contributed by atoms with Crippen molar-refractivity contribution in [3.63, 3.8) is 0 Å².